The topological polar surface area (TPSA) is 62.5 Å². The number of nitrogens with zero attached hydrogens (tertiary/aromatic N) is 3. The van der Waals surface area contributed by atoms with Gasteiger partial charge in [0.1, 0.15) is 5.82 Å². The minimum atomic E-state index is -0.272. The van der Waals surface area contributed by atoms with E-state index in [0.29, 0.717) is 31.3 Å². The van der Waals surface area contributed by atoms with Gasteiger partial charge in [-0.15, -0.1) is 23.7 Å². The first-order valence-corrected chi connectivity index (χ1v) is 7.86. The average molecular weight is 357 g/mol. The second-order valence-electron chi connectivity index (χ2n) is 5.32. The molecule has 2 heterocycles. The summed E-state index contributed by atoms with van der Waals surface area (Å²) in [6.45, 7) is 2.95. The fourth-order valence-corrected chi connectivity index (χ4v) is 3.26. The van der Waals surface area contributed by atoms with Crippen LogP contribution in [0, 0.1) is 5.82 Å². The third kappa shape index (κ3) is 4.63. The number of benzene rings is 1. The standard InChI is InChI=1S/C15H17FN4OS.ClH/c16-12-3-1-2-11(6-12)8-20-5-4-19(10-14(20)21)9-13-7-18-15(17)22-13;/h1-3,6-7H,4-5,8-10H2,(H2,17,18);1H. The summed E-state index contributed by atoms with van der Waals surface area (Å²) in [7, 11) is 0. The van der Waals surface area contributed by atoms with Gasteiger partial charge in [-0.2, -0.15) is 0 Å². The molecule has 1 aliphatic heterocycles. The number of hydrogen-bond acceptors (Lipinski definition) is 5. The van der Waals surface area contributed by atoms with Crippen molar-refractivity contribution >= 4 is 34.8 Å². The molecule has 2 N–H and O–H groups in total. The summed E-state index contributed by atoms with van der Waals surface area (Å²) in [4.78, 5) is 21.2. The predicted octanol–water partition coefficient (Wildman–Crippen LogP) is 2.13. The lowest BCUT2D eigenvalue weighted by Crippen LogP contribution is -2.49. The number of aromatic nitrogens is 1. The monoisotopic (exact) mass is 356 g/mol. The van der Waals surface area contributed by atoms with E-state index in [1.165, 1.54) is 23.5 Å². The minimum absolute atomic E-state index is 0. The van der Waals surface area contributed by atoms with Crippen LogP contribution in [0.2, 0.25) is 0 Å². The number of carbonyl (C=O) groups excluding carboxylic acids is 1. The normalized spacial score (nSPS) is 15.5. The molecule has 8 heteroatoms. The molecule has 23 heavy (non-hydrogen) atoms. The van der Waals surface area contributed by atoms with Crippen LogP contribution < -0.4 is 5.73 Å². The third-order valence-electron chi connectivity index (χ3n) is 3.61. The summed E-state index contributed by atoms with van der Waals surface area (Å²) in [6.07, 6.45) is 1.75. The Balaban J connectivity index is 0.00000192. The van der Waals surface area contributed by atoms with Crippen LogP contribution in [0.15, 0.2) is 30.5 Å². The van der Waals surface area contributed by atoms with Gasteiger partial charge in [0.2, 0.25) is 5.91 Å². The zero-order valence-corrected chi connectivity index (χ0v) is 14.1. The van der Waals surface area contributed by atoms with Crippen molar-refractivity contribution in [2.45, 2.75) is 13.1 Å². The van der Waals surface area contributed by atoms with Crippen molar-refractivity contribution < 1.29 is 9.18 Å². The Kier molecular flexibility index (Phi) is 5.92. The van der Waals surface area contributed by atoms with E-state index in [4.69, 9.17) is 5.73 Å². The number of carbonyl (C=O) groups is 1. The number of anilines is 1. The molecule has 2 aromatic rings. The number of halogens is 2. The van der Waals surface area contributed by atoms with E-state index in [1.54, 1.807) is 17.2 Å². The molecule has 124 valence electrons. The van der Waals surface area contributed by atoms with E-state index < -0.39 is 0 Å². The Hall–Kier alpha value is -1.70. The number of amides is 1. The molecule has 1 fully saturated rings. The molecule has 5 nitrogen and oxygen atoms in total. The van der Waals surface area contributed by atoms with Crippen molar-refractivity contribution in [3.8, 4) is 0 Å². The molecule has 1 aromatic heterocycles. The Morgan fingerprint density at radius 1 is 1.30 bits per heavy atom. The fourth-order valence-electron chi connectivity index (χ4n) is 2.53. The van der Waals surface area contributed by atoms with Gasteiger partial charge in [-0.1, -0.05) is 12.1 Å². The number of nitrogen functional groups attached to an aromatic ring is 1. The van der Waals surface area contributed by atoms with Gasteiger partial charge in [0.15, 0.2) is 5.13 Å². The zero-order valence-electron chi connectivity index (χ0n) is 12.4. The molecule has 0 bridgehead atoms. The highest BCUT2D eigenvalue weighted by molar-refractivity contribution is 7.15. The summed E-state index contributed by atoms with van der Waals surface area (Å²) in [5.41, 5.74) is 6.43. The molecule has 1 amide bonds. The second-order valence-corrected chi connectivity index (χ2v) is 6.47. The Labute approximate surface area is 144 Å². The third-order valence-corrected chi connectivity index (χ3v) is 4.42. The number of nitrogens with two attached hydrogens (primary N) is 1. The number of hydrogen-bond donors (Lipinski definition) is 1. The molecule has 0 aliphatic carbocycles. The first-order chi connectivity index (χ1) is 10.6. The molecule has 3 rings (SSSR count). The predicted molar refractivity (Wildman–Crippen MR) is 90.9 cm³/mol. The second kappa shape index (κ2) is 7.72. The van der Waals surface area contributed by atoms with Crippen LogP contribution in [0.3, 0.4) is 0 Å². The Morgan fingerprint density at radius 3 is 2.78 bits per heavy atom. The van der Waals surface area contributed by atoms with Gasteiger partial charge in [-0.25, -0.2) is 9.37 Å². The summed E-state index contributed by atoms with van der Waals surface area (Å²) in [5, 5.41) is 0.547. The number of piperazine rings is 1. The molecule has 1 aromatic carbocycles. The van der Waals surface area contributed by atoms with Crippen LogP contribution in [0.25, 0.3) is 0 Å². The van der Waals surface area contributed by atoms with Gasteiger partial charge in [-0.05, 0) is 17.7 Å². The molecule has 0 saturated carbocycles. The van der Waals surface area contributed by atoms with Crippen LogP contribution in [0.4, 0.5) is 9.52 Å². The van der Waals surface area contributed by atoms with Gasteiger partial charge < -0.3 is 10.6 Å². The summed E-state index contributed by atoms with van der Waals surface area (Å²) in [6, 6.07) is 6.38. The quantitative estimate of drug-likeness (QED) is 0.911. The number of rotatable bonds is 4. The van der Waals surface area contributed by atoms with Gasteiger partial charge >= 0.3 is 0 Å². The van der Waals surface area contributed by atoms with Crippen molar-refractivity contribution in [2.24, 2.45) is 0 Å². The van der Waals surface area contributed by atoms with Crippen LogP contribution in [0.5, 0.6) is 0 Å². The maximum atomic E-state index is 13.2. The van der Waals surface area contributed by atoms with Crippen LogP contribution in [-0.4, -0.2) is 40.3 Å². The van der Waals surface area contributed by atoms with E-state index in [-0.39, 0.29) is 24.1 Å². The first-order valence-electron chi connectivity index (χ1n) is 7.05. The van der Waals surface area contributed by atoms with Crippen LogP contribution >= 0.6 is 23.7 Å². The van der Waals surface area contributed by atoms with Crippen molar-refractivity contribution in [3.05, 3.63) is 46.7 Å². The SMILES string of the molecule is Cl.Nc1ncc(CN2CCN(Cc3cccc(F)c3)C(=O)C2)s1. The van der Waals surface area contributed by atoms with E-state index >= 15 is 0 Å². The molecule has 0 spiro atoms. The van der Waals surface area contributed by atoms with Gasteiger partial charge in [0.25, 0.3) is 0 Å². The molecule has 0 unspecified atom stereocenters. The van der Waals surface area contributed by atoms with Crippen LogP contribution in [-0.2, 0) is 17.9 Å². The highest BCUT2D eigenvalue weighted by Crippen LogP contribution is 2.18. The molecule has 1 saturated heterocycles. The van der Waals surface area contributed by atoms with Gasteiger partial charge in [0, 0.05) is 37.3 Å². The minimum Gasteiger partial charge on any atom is -0.375 e. The average Bonchev–Trinajstić information content (AvgIpc) is 2.87. The Morgan fingerprint density at radius 2 is 2.13 bits per heavy atom. The summed E-state index contributed by atoms with van der Waals surface area (Å²) < 4.78 is 13.2. The molecular weight excluding hydrogens is 339 g/mol. The maximum absolute atomic E-state index is 13.2. The smallest absolute Gasteiger partial charge is 0.237 e. The largest absolute Gasteiger partial charge is 0.375 e. The van der Waals surface area contributed by atoms with Crippen molar-refractivity contribution in [1.82, 2.24) is 14.8 Å². The first kappa shape index (κ1) is 17.7. The van der Waals surface area contributed by atoms with Crippen molar-refractivity contribution in [3.63, 3.8) is 0 Å². The highest BCUT2D eigenvalue weighted by Gasteiger charge is 2.24. The van der Waals surface area contributed by atoms with Gasteiger partial charge in [0.05, 0.1) is 6.54 Å². The van der Waals surface area contributed by atoms with E-state index in [0.717, 1.165) is 17.0 Å². The molecule has 0 radical (unpaired) electrons. The van der Waals surface area contributed by atoms with Crippen molar-refractivity contribution in [1.29, 1.82) is 0 Å². The highest BCUT2D eigenvalue weighted by atomic mass is 35.5. The van der Waals surface area contributed by atoms with Gasteiger partial charge in [-0.3, -0.25) is 9.69 Å². The fraction of sp³-hybridized carbons (Fsp3) is 0.333. The van der Waals surface area contributed by atoms with Crippen LogP contribution in [0.1, 0.15) is 10.4 Å². The lowest BCUT2D eigenvalue weighted by Gasteiger charge is -2.34. The molecule has 1 aliphatic rings. The lowest BCUT2D eigenvalue weighted by atomic mass is 10.2. The van der Waals surface area contributed by atoms with E-state index in [2.05, 4.69) is 9.88 Å². The zero-order chi connectivity index (χ0) is 15.5. The lowest BCUT2D eigenvalue weighted by molar-refractivity contribution is -0.136. The Bertz CT molecular complexity index is 681. The van der Waals surface area contributed by atoms with E-state index in [9.17, 15) is 9.18 Å². The molecular formula is C15H18ClFN4OS. The summed E-state index contributed by atoms with van der Waals surface area (Å²) >= 11 is 1.45. The maximum Gasteiger partial charge on any atom is 0.237 e. The molecule has 0 atom stereocenters. The number of thiazole rings is 1. The van der Waals surface area contributed by atoms with E-state index in [1.807, 2.05) is 6.07 Å². The van der Waals surface area contributed by atoms with Crippen molar-refractivity contribution in [2.75, 3.05) is 25.4 Å². The summed E-state index contributed by atoms with van der Waals surface area (Å²) in [5.74, 6) is -0.209.